The second kappa shape index (κ2) is 10.3. The van der Waals surface area contributed by atoms with Crippen LogP contribution in [0.5, 0.6) is 0 Å². The first-order valence-corrected chi connectivity index (χ1v) is 8.12. The topological polar surface area (TPSA) is 91.8 Å². The summed E-state index contributed by atoms with van der Waals surface area (Å²) in [6.07, 6.45) is -0.0689. The molecule has 1 unspecified atom stereocenters. The first-order chi connectivity index (χ1) is 11.4. The van der Waals surface area contributed by atoms with Crippen molar-refractivity contribution < 1.29 is 24.3 Å². The Labute approximate surface area is 142 Å². The summed E-state index contributed by atoms with van der Waals surface area (Å²) in [6, 6.07) is 4.88. The largest absolute Gasteiger partial charge is 0.480 e. The van der Waals surface area contributed by atoms with Crippen molar-refractivity contribution in [2.24, 2.45) is 0 Å². The van der Waals surface area contributed by atoms with Crippen LogP contribution in [0, 0.1) is 0 Å². The van der Waals surface area contributed by atoms with Crippen LogP contribution in [0.3, 0.4) is 0 Å². The predicted octanol–water partition coefficient (Wildman–Crippen LogP) is 3.16. The van der Waals surface area contributed by atoms with E-state index in [-0.39, 0.29) is 29.8 Å². The van der Waals surface area contributed by atoms with E-state index in [1.165, 1.54) is 19.1 Å². The molecule has 1 atom stereocenters. The van der Waals surface area contributed by atoms with Gasteiger partial charge in [-0.3, -0.25) is 14.5 Å². The van der Waals surface area contributed by atoms with Crippen LogP contribution in [-0.2, 0) is 9.59 Å². The Kier molecular flexibility index (Phi) is 9.23. The van der Waals surface area contributed by atoms with E-state index in [9.17, 15) is 24.3 Å². The number of hydrogen-bond donors (Lipinski definition) is 1. The summed E-state index contributed by atoms with van der Waals surface area (Å²) < 4.78 is 0. The van der Waals surface area contributed by atoms with Crippen LogP contribution in [0.1, 0.15) is 68.2 Å². The molecule has 6 heteroatoms. The van der Waals surface area contributed by atoms with Crippen molar-refractivity contribution >= 4 is 23.6 Å². The maximum atomic E-state index is 12.2. The normalized spacial score (nSPS) is 13.1. The number of imide groups is 1. The number of carbonyl (C=O) groups excluding carboxylic acids is 3. The second-order valence-electron chi connectivity index (χ2n) is 4.62. The number of carboxylic acids is 1. The predicted molar refractivity (Wildman–Crippen MR) is 91.0 cm³/mol. The molecule has 0 saturated heterocycles. The third kappa shape index (κ3) is 4.75. The quantitative estimate of drug-likeness (QED) is 0.835. The number of nitrogens with zero attached hydrogens (tertiary/aromatic N) is 1. The van der Waals surface area contributed by atoms with Gasteiger partial charge in [-0.1, -0.05) is 39.8 Å². The number of carbonyl (C=O) groups is 4. The van der Waals surface area contributed by atoms with Crippen LogP contribution in [0.15, 0.2) is 24.3 Å². The Morgan fingerprint density at radius 1 is 1.00 bits per heavy atom. The van der Waals surface area contributed by atoms with Crippen molar-refractivity contribution in [1.29, 1.82) is 0 Å². The molecular weight excluding hydrogens is 310 g/mol. The molecule has 1 aliphatic heterocycles. The molecule has 0 aromatic heterocycles. The first-order valence-electron chi connectivity index (χ1n) is 8.12. The van der Waals surface area contributed by atoms with Gasteiger partial charge in [0.05, 0.1) is 11.1 Å². The van der Waals surface area contributed by atoms with Crippen molar-refractivity contribution in [2.75, 3.05) is 0 Å². The van der Waals surface area contributed by atoms with Gasteiger partial charge in [0.1, 0.15) is 11.8 Å². The van der Waals surface area contributed by atoms with Crippen LogP contribution in [0.4, 0.5) is 0 Å². The Morgan fingerprint density at radius 3 is 1.75 bits per heavy atom. The smallest absolute Gasteiger partial charge is 0.326 e. The third-order valence-corrected chi connectivity index (χ3v) is 3.19. The number of benzene rings is 1. The van der Waals surface area contributed by atoms with E-state index in [4.69, 9.17) is 0 Å². The van der Waals surface area contributed by atoms with Gasteiger partial charge in [-0.15, -0.1) is 0 Å². The number of ketones is 1. The van der Waals surface area contributed by atoms with E-state index in [1.54, 1.807) is 12.1 Å². The minimum atomic E-state index is -1.31. The van der Waals surface area contributed by atoms with Gasteiger partial charge in [0.25, 0.3) is 11.8 Å². The lowest BCUT2D eigenvalue weighted by Gasteiger charge is -2.21. The summed E-state index contributed by atoms with van der Waals surface area (Å²) in [5.74, 6) is -2.73. The van der Waals surface area contributed by atoms with E-state index in [2.05, 4.69) is 0 Å². The molecule has 2 amide bonds. The van der Waals surface area contributed by atoms with Gasteiger partial charge < -0.3 is 9.90 Å². The average Bonchev–Trinajstić information content (AvgIpc) is 2.84. The first kappa shape index (κ1) is 21.5. The zero-order chi connectivity index (χ0) is 18.9. The summed E-state index contributed by atoms with van der Waals surface area (Å²) in [7, 11) is 0. The summed E-state index contributed by atoms with van der Waals surface area (Å²) in [6.45, 7) is 9.33. The SMILES string of the molecule is CC.CC.CC(=O)CCC(C(=O)O)N1C(=O)c2ccccc2C1=O. The maximum Gasteiger partial charge on any atom is 0.326 e. The number of carboxylic acid groups (broad SMARTS) is 1. The van der Waals surface area contributed by atoms with Crippen LogP contribution in [0.25, 0.3) is 0 Å². The molecule has 2 rings (SSSR count). The number of hydrogen-bond acceptors (Lipinski definition) is 4. The van der Waals surface area contributed by atoms with Crippen molar-refractivity contribution in [3.8, 4) is 0 Å². The average molecular weight is 335 g/mol. The van der Waals surface area contributed by atoms with Crippen molar-refractivity contribution in [2.45, 2.75) is 53.5 Å². The Bertz CT molecular complexity index is 574. The Morgan fingerprint density at radius 2 is 1.42 bits per heavy atom. The number of amides is 2. The molecule has 1 aliphatic rings. The molecule has 1 aromatic rings. The van der Waals surface area contributed by atoms with Crippen molar-refractivity contribution in [1.82, 2.24) is 4.90 Å². The fourth-order valence-corrected chi connectivity index (χ4v) is 2.19. The fourth-order valence-electron chi connectivity index (χ4n) is 2.19. The Hall–Kier alpha value is -2.50. The lowest BCUT2D eigenvalue weighted by molar-refractivity contribution is -0.141. The van der Waals surface area contributed by atoms with E-state index < -0.39 is 23.8 Å². The summed E-state index contributed by atoms with van der Waals surface area (Å²) in [4.78, 5) is 47.3. The van der Waals surface area contributed by atoms with Crippen LogP contribution in [-0.4, -0.2) is 39.6 Å². The summed E-state index contributed by atoms with van der Waals surface area (Å²) >= 11 is 0. The van der Waals surface area contributed by atoms with E-state index in [0.29, 0.717) is 0 Å². The highest BCUT2D eigenvalue weighted by Gasteiger charge is 2.42. The highest BCUT2D eigenvalue weighted by molar-refractivity contribution is 6.22. The van der Waals surface area contributed by atoms with Gasteiger partial charge in [0, 0.05) is 6.42 Å². The lowest BCUT2D eigenvalue weighted by atomic mass is 10.1. The van der Waals surface area contributed by atoms with E-state index >= 15 is 0 Å². The second-order valence-corrected chi connectivity index (χ2v) is 4.62. The van der Waals surface area contributed by atoms with Gasteiger partial charge in [0.2, 0.25) is 0 Å². The van der Waals surface area contributed by atoms with Gasteiger partial charge in [-0.25, -0.2) is 4.79 Å². The molecule has 0 saturated carbocycles. The van der Waals surface area contributed by atoms with Crippen LogP contribution < -0.4 is 0 Å². The number of fused-ring (bicyclic) bond motifs is 1. The molecule has 1 N–H and O–H groups in total. The minimum Gasteiger partial charge on any atom is -0.480 e. The number of aliphatic carboxylic acids is 1. The highest BCUT2D eigenvalue weighted by Crippen LogP contribution is 2.26. The molecular formula is C18H25NO5. The monoisotopic (exact) mass is 335 g/mol. The highest BCUT2D eigenvalue weighted by atomic mass is 16.4. The molecule has 0 spiro atoms. The molecule has 0 bridgehead atoms. The Balaban J connectivity index is 0.00000123. The van der Waals surface area contributed by atoms with Gasteiger partial charge in [0.15, 0.2) is 0 Å². The minimum absolute atomic E-state index is 0.00434. The van der Waals surface area contributed by atoms with Gasteiger partial charge in [-0.2, -0.15) is 0 Å². The fraction of sp³-hybridized carbons (Fsp3) is 0.444. The maximum absolute atomic E-state index is 12.2. The van der Waals surface area contributed by atoms with Crippen molar-refractivity contribution in [3.63, 3.8) is 0 Å². The molecule has 0 fully saturated rings. The standard InChI is InChI=1S/C14H13NO5.2C2H6/c1-8(16)6-7-11(14(19)20)15-12(17)9-4-2-3-5-10(9)13(15)18;2*1-2/h2-5,11H,6-7H2,1H3,(H,19,20);2*1-2H3. The van der Waals surface area contributed by atoms with Crippen molar-refractivity contribution in [3.05, 3.63) is 35.4 Å². The molecule has 0 aliphatic carbocycles. The van der Waals surface area contributed by atoms with Gasteiger partial charge >= 0.3 is 5.97 Å². The van der Waals surface area contributed by atoms with E-state index in [0.717, 1.165) is 4.90 Å². The zero-order valence-corrected chi connectivity index (χ0v) is 14.8. The van der Waals surface area contributed by atoms with Gasteiger partial charge in [-0.05, 0) is 25.5 Å². The molecule has 132 valence electrons. The van der Waals surface area contributed by atoms with E-state index in [1.807, 2.05) is 27.7 Å². The summed E-state index contributed by atoms with van der Waals surface area (Å²) in [5.41, 5.74) is 0.401. The lowest BCUT2D eigenvalue weighted by Crippen LogP contribution is -2.45. The zero-order valence-electron chi connectivity index (χ0n) is 14.8. The summed E-state index contributed by atoms with van der Waals surface area (Å²) in [5, 5.41) is 9.20. The molecule has 6 nitrogen and oxygen atoms in total. The third-order valence-electron chi connectivity index (χ3n) is 3.19. The van der Waals surface area contributed by atoms with Crippen LogP contribution >= 0.6 is 0 Å². The number of rotatable bonds is 5. The molecule has 24 heavy (non-hydrogen) atoms. The number of Topliss-reactive ketones (excluding diaryl/α,β-unsaturated/α-hetero) is 1. The molecule has 1 aromatic carbocycles. The molecule has 0 radical (unpaired) electrons. The van der Waals surface area contributed by atoms with Crippen LogP contribution in [0.2, 0.25) is 0 Å². The molecule has 1 heterocycles.